The third-order valence-corrected chi connectivity index (χ3v) is 6.19. The van der Waals surface area contributed by atoms with Gasteiger partial charge in [0.05, 0.1) is 0 Å². The number of rotatable bonds is 10. The number of benzene rings is 1. The lowest BCUT2D eigenvalue weighted by Gasteiger charge is -2.29. The number of nitrogens with zero attached hydrogens (tertiary/aromatic N) is 2. The lowest BCUT2D eigenvalue weighted by molar-refractivity contribution is -0.157. The zero-order chi connectivity index (χ0) is 22.1. The van der Waals surface area contributed by atoms with Crippen molar-refractivity contribution in [3.8, 4) is 11.4 Å². The molecule has 1 aliphatic rings. The molecule has 0 radical (unpaired) electrons. The van der Waals surface area contributed by atoms with Crippen LogP contribution in [-0.4, -0.2) is 28.2 Å². The number of unbranched alkanes of at least 4 members (excludes halogenated alkanes) is 2. The van der Waals surface area contributed by atoms with E-state index in [9.17, 15) is 9.18 Å². The van der Waals surface area contributed by atoms with Crippen LogP contribution in [0.3, 0.4) is 0 Å². The molecule has 4 nitrogen and oxygen atoms in total. The predicted octanol–water partition coefficient (Wildman–Crippen LogP) is 6.58. The molecule has 3 rings (SSSR count). The number of hydrogen-bond donors (Lipinski definition) is 0. The van der Waals surface area contributed by atoms with E-state index in [4.69, 9.17) is 4.74 Å². The SMILES string of the molecule is CCCCc1cnc(-c2ccc([C@H]3CC[C@H](OC(=O)[C@@H](F)CCCC)CC3)cc2)nc1. The number of aryl methyl sites for hydroxylation is 1. The monoisotopic (exact) mass is 426 g/mol. The second kappa shape index (κ2) is 11.9. The van der Waals surface area contributed by atoms with E-state index in [1.165, 1.54) is 17.5 Å². The summed E-state index contributed by atoms with van der Waals surface area (Å²) in [4.78, 5) is 21.0. The van der Waals surface area contributed by atoms with Gasteiger partial charge in [0.2, 0.25) is 0 Å². The van der Waals surface area contributed by atoms with Gasteiger partial charge in [-0.2, -0.15) is 0 Å². The number of aromatic nitrogens is 2. The van der Waals surface area contributed by atoms with Crippen molar-refractivity contribution in [3.05, 3.63) is 47.8 Å². The maximum atomic E-state index is 13.8. The fraction of sp³-hybridized carbons (Fsp3) is 0.577. The minimum Gasteiger partial charge on any atom is -0.460 e. The Balaban J connectivity index is 1.49. The highest BCUT2D eigenvalue weighted by Gasteiger charge is 2.27. The Morgan fingerprint density at radius 2 is 1.68 bits per heavy atom. The van der Waals surface area contributed by atoms with E-state index in [0.717, 1.165) is 56.3 Å². The molecule has 1 atom stereocenters. The van der Waals surface area contributed by atoms with Crippen LogP contribution in [0.4, 0.5) is 4.39 Å². The van der Waals surface area contributed by atoms with Gasteiger partial charge in [-0.15, -0.1) is 0 Å². The molecule has 0 bridgehead atoms. The summed E-state index contributed by atoms with van der Waals surface area (Å²) < 4.78 is 19.3. The zero-order valence-corrected chi connectivity index (χ0v) is 18.9. The highest BCUT2D eigenvalue weighted by molar-refractivity contribution is 5.74. The van der Waals surface area contributed by atoms with Crippen LogP contribution < -0.4 is 0 Å². The first-order valence-corrected chi connectivity index (χ1v) is 11.9. The van der Waals surface area contributed by atoms with E-state index in [2.05, 4.69) is 41.2 Å². The Hall–Kier alpha value is -2.30. The predicted molar refractivity (Wildman–Crippen MR) is 122 cm³/mol. The molecule has 1 saturated carbocycles. The molecule has 1 heterocycles. The van der Waals surface area contributed by atoms with E-state index in [1.54, 1.807) is 0 Å². The Bertz CT molecular complexity index is 799. The van der Waals surface area contributed by atoms with Gasteiger partial charge in [-0.05, 0) is 62.0 Å². The van der Waals surface area contributed by atoms with Crippen molar-refractivity contribution < 1.29 is 13.9 Å². The van der Waals surface area contributed by atoms with E-state index in [0.29, 0.717) is 12.3 Å². The topological polar surface area (TPSA) is 52.1 Å². The van der Waals surface area contributed by atoms with Crippen LogP contribution >= 0.6 is 0 Å². The fourth-order valence-electron chi connectivity index (χ4n) is 4.17. The van der Waals surface area contributed by atoms with Crippen molar-refractivity contribution in [3.63, 3.8) is 0 Å². The molecular formula is C26H35FN2O2. The average molecular weight is 427 g/mol. The number of hydrogen-bond acceptors (Lipinski definition) is 4. The van der Waals surface area contributed by atoms with E-state index < -0.39 is 12.1 Å². The summed E-state index contributed by atoms with van der Waals surface area (Å²) in [6.45, 7) is 4.17. The van der Waals surface area contributed by atoms with Crippen molar-refractivity contribution in [1.29, 1.82) is 0 Å². The molecule has 0 aliphatic heterocycles. The molecule has 0 saturated heterocycles. The smallest absolute Gasteiger partial charge is 0.340 e. The quantitative estimate of drug-likeness (QED) is 0.402. The van der Waals surface area contributed by atoms with E-state index in [-0.39, 0.29) is 12.5 Å². The molecule has 0 spiro atoms. The minimum atomic E-state index is -1.48. The standard InChI is InChI=1S/C26H35FN2O2/c1-3-5-7-19-17-28-25(29-18-19)22-11-9-20(10-12-22)21-13-15-23(16-14-21)31-26(30)24(27)8-6-4-2/h9-12,17-18,21,23-24H,3-8,13-16H2,1-2H3/t21-,23-,24-/m0/s1. The Morgan fingerprint density at radius 3 is 2.29 bits per heavy atom. The van der Waals surface area contributed by atoms with Gasteiger partial charge in [0.1, 0.15) is 6.10 Å². The molecule has 0 N–H and O–H groups in total. The summed E-state index contributed by atoms with van der Waals surface area (Å²) in [6, 6.07) is 8.49. The number of alkyl halides is 1. The summed E-state index contributed by atoms with van der Waals surface area (Å²) in [6.07, 6.45) is 10.9. The van der Waals surface area contributed by atoms with Crippen molar-refractivity contribution in [1.82, 2.24) is 9.97 Å². The van der Waals surface area contributed by atoms with Gasteiger partial charge >= 0.3 is 5.97 Å². The summed E-state index contributed by atoms with van der Waals surface area (Å²) in [7, 11) is 0. The van der Waals surface area contributed by atoms with Crippen LogP contribution in [0.2, 0.25) is 0 Å². The van der Waals surface area contributed by atoms with Gasteiger partial charge < -0.3 is 4.74 Å². The summed E-state index contributed by atoms with van der Waals surface area (Å²) in [5, 5.41) is 0. The molecular weight excluding hydrogens is 391 g/mol. The Morgan fingerprint density at radius 1 is 1.03 bits per heavy atom. The van der Waals surface area contributed by atoms with Gasteiger partial charge in [0.15, 0.2) is 12.0 Å². The third-order valence-electron chi connectivity index (χ3n) is 6.19. The largest absolute Gasteiger partial charge is 0.460 e. The van der Waals surface area contributed by atoms with Crippen LogP contribution in [0.5, 0.6) is 0 Å². The lowest BCUT2D eigenvalue weighted by Crippen LogP contribution is -2.28. The molecule has 168 valence electrons. The Labute approximate surface area is 185 Å². The first-order valence-electron chi connectivity index (χ1n) is 11.9. The molecule has 1 aliphatic carbocycles. The Kier molecular flexibility index (Phi) is 8.98. The molecule has 1 aromatic heterocycles. The number of carbonyl (C=O) groups is 1. The second-order valence-corrected chi connectivity index (χ2v) is 8.66. The minimum absolute atomic E-state index is 0.150. The molecule has 2 aromatic rings. The van der Waals surface area contributed by atoms with Crippen LogP contribution in [0.25, 0.3) is 11.4 Å². The molecule has 0 amide bonds. The summed E-state index contributed by atoms with van der Waals surface area (Å²) in [5.74, 6) is 0.524. The molecule has 1 aromatic carbocycles. The lowest BCUT2D eigenvalue weighted by atomic mass is 9.82. The number of ether oxygens (including phenoxy) is 1. The van der Waals surface area contributed by atoms with Gasteiger partial charge in [-0.1, -0.05) is 57.4 Å². The van der Waals surface area contributed by atoms with Gasteiger partial charge in [-0.3, -0.25) is 0 Å². The van der Waals surface area contributed by atoms with Crippen LogP contribution in [0.1, 0.15) is 88.7 Å². The summed E-state index contributed by atoms with van der Waals surface area (Å²) in [5.41, 5.74) is 3.50. The normalized spacial score (nSPS) is 19.7. The van der Waals surface area contributed by atoms with Gasteiger partial charge in [-0.25, -0.2) is 19.2 Å². The highest BCUT2D eigenvalue weighted by atomic mass is 19.1. The molecule has 0 unspecified atom stereocenters. The first-order chi connectivity index (χ1) is 15.1. The molecule has 31 heavy (non-hydrogen) atoms. The number of esters is 1. The number of halogens is 1. The van der Waals surface area contributed by atoms with Crippen LogP contribution in [0.15, 0.2) is 36.7 Å². The summed E-state index contributed by atoms with van der Waals surface area (Å²) >= 11 is 0. The van der Waals surface area contributed by atoms with Gasteiger partial charge in [0.25, 0.3) is 0 Å². The third kappa shape index (κ3) is 6.84. The van der Waals surface area contributed by atoms with E-state index in [1.807, 2.05) is 19.3 Å². The van der Waals surface area contributed by atoms with Crippen molar-refractivity contribution in [2.75, 3.05) is 0 Å². The second-order valence-electron chi connectivity index (χ2n) is 8.66. The van der Waals surface area contributed by atoms with Crippen molar-refractivity contribution in [2.45, 2.75) is 96.2 Å². The van der Waals surface area contributed by atoms with Crippen LogP contribution in [-0.2, 0) is 16.0 Å². The van der Waals surface area contributed by atoms with Crippen LogP contribution in [0, 0.1) is 0 Å². The molecule has 1 fully saturated rings. The fourth-order valence-corrected chi connectivity index (χ4v) is 4.17. The average Bonchev–Trinajstić information content (AvgIpc) is 2.82. The van der Waals surface area contributed by atoms with E-state index >= 15 is 0 Å². The maximum Gasteiger partial charge on any atom is 0.340 e. The first kappa shape index (κ1) is 23.4. The number of carbonyl (C=O) groups excluding carboxylic acids is 1. The van der Waals surface area contributed by atoms with Gasteiger partial charge in [0, 0.05) is 18.0 Å². The zero-order valence-electron chi connectivity index (χ0n) is 18.9. The highest BCUT2D eigenvalue weighted by Crippen LogP contribution is 2.35. The van der Waals surface area contributed by atoms with Crippen molar-refractivity contribution in [2.24, 2.45) is 0 Å². The maximum absolute atomic E-state index is 13.8. The molecule has 5 heteroatoms. The van der Waals surface area contributed by atoms with Crippen molar-refractivity contribution >= 4 is 5.97 Å².